The zero-order chi connectivity index (χ0) is 25.4. The highest BCUT2D eigenvalue weighted by molar-refractivity contribution is 7.17. The molecular weight excluding hydrogens is 471 g/mol. The quantitative estimate of drug-likeness (QED) is 0.235. The number of benzene rings is 2. The summed E-state index contributed by atoms with van der Waals surface area (Å²) in [5.41, 5.74) is 2.22. The summed E-state index contributed by atoms with van der Waals surface area (Å²) in [6.07, 6.45) is 0.789. The van der Waals surface area contributed by atoms with Gasteiger partial charge in [0.15, 0.2) is 5.13 Å². The Morgan fingerprint density at radius 2 is 1.86 bits per heavy atom. The molecule has 0 bridgehead atoms. The van der Waals surface area contributed by atoms with Crippen molar-refractivity contribution in [3.05, 3.63) is 86.7 Å². The number of ether oxygens (including phenoxy) is 1. The summed E-state index contributed by atoms with van der Waals surface area (Å²) in [5, 5.41) is 11.2. The molecule has 1 aliphatic heterocycles. The van der Waals surface area contributed by atoms with E-state index in [1.807, 2.05) is 19.1 Å². The Morgan fingerprint density at radius 3 is 2.46 bits per heavy atom. The molecule has 0 radical (unpaired) electrons. The Labute approximate surface area is 205 Å². The van der Waals surface area contributed by atoms with E-state index < -0.39 is 35.3 Å². The van der Waals surface area contributed by atoms with E-state index in [2.05, 4.69) is 4.98 Å². The molecule has 0 saturated carbocycles. The van der Waals surface area contributed by atoms with Gasteiger partial charge in [0.25, 0.3) is 5.78 Å². The van der Waals surface area contributed by atoms with Crippen molar-refractivity contribution in [3.63, 3.8) is 0 Å². The van der Waals surface area contributed by atoms with Gasteiger partial charge in [-0.3, -0.25) is 14.5 Å². The third-order valence-corrected chi connectivity index (χ3v) is 7.09. The van der Waals surface area contributed by atoms with Crippen LogP contribution in [0.4, 0.5) is 9.52 Å². The molecule has 3 aromatic rings. The van der Waals surface area contributed by atoms with Crippen LogP contribution < -0.4 is 4.90 Å². The standard InChI is InChI=1S/C26H23FN2O5S/c1-5-15-7-10-16(11-8-15)20-19(21(30)17-9-6-13(2)18(27)12-17)22(31)24(32)29(20)26-28-14(3)23(35-26)25(33)34-4/h6-12,20,30H,5H2,1-4H3/b21-19-. The van der Waals surface area contributed by atoms with E-state index in [4.69, 9.17) is 4.74 Å². The number of thiazole rings is 1. The normalized spacial score (nSPS) is 17.2. The van der Waals surface area contributed by atoms with Crippen molar-refractivity contribution in [3.8, 4) is 0 Å². The number of nitrogens with zero attached hydrogens (tertiary/aromatic N) is 2. The van der Waals surface area contributed by atoms with E-state index in [-0.39, 0.29) is 21.1 Å². The summed E-state index contributed by atoms with van der Waals surface area (Å²) in [4.78, 5) is 44.3. The van der Waals surface area contributed by atoms with Crippen LogP contribution in [0.2, 0.25) is 0 Å². The first kappa shape index (κ1) is 24.3. The number of halogens is 1. The van der Waals surface area contributed by atoms with Crippen LogP contribution in [0.5, 0.6) is 0 Å². The van der Waals surface area contributed by atoms with E-state index in [9.17, 15) is 23.9 Å². The van der Waals surface area contributed by atoms with Gasteiger partial charge in [0.2, 0.25) is 0 Å². The lowest BCUT2D eigenvalue weighted by molar-refractivity contribution is -0.132. The molecule has 1 fully saturated rings. The van der Waals surface area contributed by atoms with Crippen LogP contribution in [-0.4, -0.2) is 34.9 Å². The van der Waals surface area contributed by atoms with Crippen LogP contribution in [0, 0.1) is 19.7 Å². The number of aliphatic hydroxyl groups excluding tert-OH is 1. The maximum atomic E-state index is 14.3. The van der Waals surface area contributed by atoms with E-state index in [1.54, 1.807) is 26.0 Å². The van der Waals surface area contributed by atoms with Crippen LogP contribution in [0.3, 0.4) is 0 Å². The first-order valence-electron chi connectivity index (χ1n) is 10.9. The SMILES string of the molecule is CCc1ccc(C2/C(=C(/O)c3ccc(C)c(F)c3)C(=O)C(=O)N2c2nc(C)c(C(=O)OC)s2)cc1. The second-order valence-corrected chi connectivity index (χ2v) is 9.11. The molecule has 1 unspecified atom stereocenters. The number of methoxy groups -OCH3 is 1. The summed E-state index contributed by atoms with van der Waals surface area (Å²) in [6.45, 7) is 5.18. The zero-order valence-electron chi connectivity index (χ0n) is 19.6. The number of carbonyl (C=O) groups is 3. The molecule has 9 heteroatoms. The fourth-order valence-corrected chi connectivity index (χ4v) is 4.96. The van der Waals surface area contributed by atoms with Gasteiger partial charge in [0.05, 0.1) is 24.4 Å². The fourth-order valence-electron chi connectivity index (χ4n) is 3.94. The molecule has 2 aromatic carbocycles. The topological polar surface area (TPSA) is 96.8 Å². The smallest absolute Gasteiger partial charge is 0.350 e. The summed E-state index contributed by atoms with van der Waals surface area (Å²) < 4.78 is 19.0. The third kappa shape index (κ3) is 4.23. The number of aromatic nitrogens is 1. The molecule has 1 aromatic heterocycles. The van der Waals surface area contributed by atoms with Crippen molar-refractivity contribution in [1.82, 2.24) is 4.98 Å². The minimum absolute atomic E-state index is 0.0758. The van der Waals surface area contributed by atoms with Gasteiger partial charge >= 0.3 is 11.9 Å². The van der Waals surface area contributed by atoms with Gasteiger partial charge in [-0.05, 0) is 43.0 Å². The van der Waals surface area contributed by atoms with Crippen LogP contribution in [0.1, 0.15) is 50.6 Å². The average Bonchev–Trinajstić information content (AvgIpc) is 3.36. The number of anilines is 1. The molecule has 1 saturated heterocycles. The molecular formula is C26H23FN2O5S. The maximum Gasteiger partial charge on any atom is 0.350 e. The lowest BCUT2D eigenvalue weighted by Crippen LogP contribution is -2.29. The molecule has 180 valence electrons. The fraction of sp³-hybridized carbons (Fsp3) is 0.231. The number of aryl methyl sites for hydroxylation is 3. The van der Waals surface area contributed by atoms with Crippen molar-refractivity contribution in [2.75, 3.05) is 12.0 Å². The number of esters is 1. The van der Waals surface area contributed by atoms with Crippen LogP contribution in [-0.2, 0) is 20.7 Å². The molecule has 2 heterocycles. The number of aliphatic hydroxyl groups is 1. The maximum absolute atomic E-state index is 14.3. The summed E-state index contributed by atoms with van der Waals surface area (Å²) in [7, 11) is 1.24. The highest BCUT2D eigenvalue weighted by atomic mass is 32.1. The Hall–Kier alpha value is -3.85. The lowest BCUT2D eigenvalue weighted by Gasteiger charge is -2.23. The van der Waals surface area contributed by atoms with E-state index in [0.29, 0.717) is 16.8 Å². The second-order valence-electron chi connectivity index (χ2n) is 8.13. The zero-order valence-corrected chi connectivity index (χ0v) is 20.4. The van der Waals surface area contributed by atoms with Crippen molar-refractivity contribution >= 4 is 39.9 Å². The minimum atomic E-state index is -1.03. The number of carbonyl (C=O) groups excluding carboxylic acids is 3. The molecule has 35 heavy (non-hydrogen) atoms. The number of rotatable bonds is 5. The number of amides is 1. The highest BCUT2D eigenvalue weighted by Gasteiger charge is 2.48. The molecule has 0 aliphatic carbocycles. The van der Waals surface area contributed by atoms with Gasteiger partial charge in [0.1, 0.15) is 16.5 Å². The number of hydrogen-bond acceptors (Lipinski definition) is 7. The molecule has 7 nitrogen and oxygen atoms in total. The summed E-state index contributed by atoms with van der Waals surface area (Å²) in [6, 6.07) is 10.3. The predicted octanol–water partition coefficient (Wildman–Crippen LogP) is 4.87. The third-order valence-electron chi connectivity index (χ3n) is 5.96. The van der Waals surface area contributed by atoms with E-state index >= 15 is 0 Å². The molecule has 0 spiro atoms. The lowest BCUT2D eigenvalue weighted by atomic mass is 9.94. The Balaban J connectivity index is 1.94. The first-order chi connectivity index (χ1) is 16.7. The summed E-state index contributed by atoms with van der Waals surface area (Å²) >= 11 is 0.918. The second kappa shape index (κ2) is 9.42. The molecule has 1 atom stereocenters. The minimum Gasteiger partial charge on any atom is -0.507 e. The number of Topliss-reactive ketones (excluding diaryl/α,β-unsaturated/α-hetero) is 1. The van der Waals surface area contributed by atoms with Gasteiger partial charge in [-0.25, -0.2) is 14.2 Å². The van der Waals surface area contributed by atoms with Gasteiger partial charge in [-0.2, -0.15) is 0 Å². The van der Waals surface area contributed by atoms with E-state index in [1.165, 1.54) is 24.1 Å². The van der Waals surface area contributed by atoms with E-state index in [0.717, 1.165) is 29.4 Å². The average molecular weight is 495 g/mol. The number of ketones is 1. The predicted molar refractivity (Wildman–Crippen MR) is 130 cm³/mol. The highest BCUT2D eigenvalue weighted by Crippen LogP contribution is 2.44. The van der Waals surface area contributed by atoms with Gasteiger partial charge < -0.3 is 9.84 Å². The van der Waals surface area contributed by atoms with Gasteiger partial charge in [-0.1, -0.05) is 54.7 Å². The Kier molecular flexibility index (Phi) is 6.53. The van der Waals surface area contributed by atoms with Crippen molar-refractivity contribution in [2.24, 2.45) is 0 Å². The molecule has 4 rings (SSSR count). The Bertz CT molecular complexity index is 1380. The molecule has 1 amide bonds. The molecule has 1 N–H and O–H groups in total. The van der Waals surface area contributed by atoms with Crippen molar-refractivity contribution < 1.29 is 28.6 Å². The van der Waals surface area contributed by atoms with Crippen molar-refractivity contribution in [1.29, 1.82) is 0 Å². The monoisotopic (exact) mass is 494 g/mol. The number of hydrogen-bond donors (Lipinski definition) is 1. The first-order valence-corrected chi connectivity index (χ1v) is 11.7. The van der Waals surface area contributed by atoms with Crippen LogP contribution >= 0.6 is 11.3 Å². The van der Waals surface area contributed by atoms with Crippen LogP contribution in [0.15, 0.2) is 48.0 Å². The Morgan fingerprint density at radius 1 is 1.17 bits per heavy atom. The van der Waals surface area contributed by atoms with Crippen LogP contribution in [0.25, 0.3) is 5.76 Å². The van der Waals surface area contributed by atoms with Crippen molar-refractivity contribution in [2.45, 2.75) is 33.2 Å². The largest absolute Gasteiger partial charge is 0.507 e. The van der Waals surface area contributed by atoms with Gasteiger partial charge in [-0.15, -0.1) is 0 Å². The molecule has 1 aliphatic rings. The summed E-state index contributed by atoms with van der Waals surface area (Å²) in [5.74, 6) is -3.49. The van der Waals surface area contributed by atoms with Gasteiger partial charge in [0, 0.05) is 5.56 Å².